The van der Waals surface area contributed by atoms with Crippen molar-refractivity contribution in [2.45, 2.75) is 86.9 Å². The van der Waals surface area contributed by atoms with Crippen LogP contribution in [0.3, 0.4) is 0 Å². The van der Waals surface area contributed by atoms with E-state index in [1.807, 2.05) is 43.0 Å². The number of methoxy groups -OCH3 is 1. The van der Waals surface area contributed by atoms with Crippen molar-refractivity contribution in [1.82, 2.24) is 20.1 Å². The molecule has 9 heterocycles. The van der Waals surface area contributed by atoms with E-state index in [-0.39, 0.29) is 37.6 Å². The number of aryl methyl sites for hydroxylation is 1. The van der Waals surface area contributed by atoms with Gasteiger partial charge in [-0.25, -0.2) is 4.79 Å². The first-order chi connectivity index (χ1) is 27.0. The number of nitrogens with one attached hydrogen (secondary N) is 2. The van der Waals surface area contributed by atoms with E-state index < -0.39 is 58.7 Å². The van der Waals surface area contributed by atoms with Crippen molar-refractivity contribution in [3.05, 3.63) is 75.0 Å². The number of carbonyl (C=O) groups excluding carboxylic acids is 2. The maximum absolute atomic E-state index is 14.9. The van der Waals surface area contributed by atoms with E-state index in [0.29, 0.717) is 51.8 Å². The van der Waals surface area contributed by atoms with E-state index >= 15 is 0 Å². The maximum atomic E-state index is 14.9. The van der Waals surface area contributed by atoms with Gasteiger partial charge in [-0.1, -0.05) is 18.2 Å². The van der Waals surface area contributed by atoms with Gasteiger partial charge in [0.15, 0.2) is 28.5 Å². The second-order valence-corrected chi connectivity index (χ2v) is 17.4. The molecule has 2 unspecified atom stereocenters. The highest BCUT2D eigenvalue weighted by Crippen LogP contribution is 2.74. The Hall–Kier alpha value is -4.51. The molecule has 0 amide bonds. The Morgan fingerprint density at radius 2 is 1.89 bits per heavy atom. The molecule has 5 N–H and O–H groups in total. The largest absolute Gasteiger partial charge is 0.504 e. The smallest absolute Gasteiger partial charge is 0.333 e. The third-order valence-electron chi connectivity index (χ3n) is 13.6. The number of phenols is 1. The van der Waals surface area contributed by atoms with Crippen molar-refractivity contribution in [3.8, 4) is 28.7 Å². The Morgan fingerprint density at radius 3 is 2.66 bits per heavy atom. The second-order valence-electron chi connectivity index (χ2n) is 16.3. The van der Waals surface area contributed by atoms with Gasteiger partial charge in [-0.15, -0.1) is 11.8 Å². The van der Waals surface area contributed by atoms with Gasteiger partial charge in [-0.05, 0) is 56.0 Å². The highest BCUT2D eigenvalue weighted by atomic mass is 32.2. The van der Waals surface area contributed by atoms with Gasteiger partial charge in [0.25, 0.3) is 0 Å². The first-order valence-corrected chi connectivity index (χ1v) is 20.1. The van der Waals surface area contributed by atoms with Crippen LogP contribution >= 0.6 is 11.8 Å². The van der Waals surface area contributed by atoms with Gasteiger partial charge in [-0.2, -0.15) is 0 Å². The summed E-state index contributed by atoms with van der Waals surface area (Å²) in [6.07, 6.45) is -0.517. The van der Waals surface area contributed by atoms with Crippen LogP contribution in [0.1, 0.15) is 75.8 Å². The average Bonchev–Trinajstić information content (AvgIpc) is 3.52. The van der Waals surface area contributed by atoms with Crippen LogP contribution in [0.15, 0.2) is 30.3 Å². The summed E-state index contributed by atoms with van der Waals surface area (Å²) < 4.78 is 30.6. The number of ether oxygens (including phenoxy) is 5. The first-order valence-electron chi connectivity index (χ1n) is 19.0. The molecule has 8 aliphatic heterocycles. The number of thioether (sulfide) groups is 1. The van der Waals surface area contributed by atoms with E-state index in [1.54, 1.807) is 7.11 Å². The van der Waals surface area contributed by atoms with Crippen LogP contribution in [-0.2, 0) is 31.8 Å². The number of aliphatic hydroxyl groups excluding tert-OH is 2. The monoisotopic (exact) mass is 782 g/mol. The van der Waals surface area contributed by atoms with Crippen LogP contribution in [-0.4, -0.2) is 99.3 Å². The lowest BCUT2D eigenvalue weighted by atomic mass is 9.76. The van der Waals surface area contributed by atoms with Gasteiger partial charge in [0.2, 0.25) is 6.79 Å². The Balaban J connectivity index is 1.18. The van der Waals surface area contributed by atoms with Crippen LogP contribution in [0.2, 0.25) is 0 Å². The number of para-hydroxylation sites is 1. The predicted octanol–water partition coefficient (Wildman–Crippen LogP) is 3.60. The highest BCUT2D eigenvalue weighted by Gasteiger charge is 2.78. The van der Waals surface area contributed by atoms with Crippen molar-refractivity contribution in [2.24, 2.45) is 0 Å². The molecule has 3 fully saturated rings. The number of nitrogens with zero attached hydrogens (tertiary/aromatic N) is 2. The molecule has 0 radical (unpaired) electrons. The first kappa shape index (κ1) is 34.7. The number of rotatable bonds is 3. The molecule has 3 saturated heterocycles. The fraction of sp³-hybridized carbons (Fsp3) is 0.463. The highest BCUT2D eigenvalue weighted by molar-refractivity contribution is 7.99. The molecule has 10 atom stereocenters. The zero-order chi connectivity index (χ0) is 38.7. The lowest BCUT2D eigenvalue weighted by Gasteiger charge is -2.55. The summed E-state index contributed by atoms with van der Waals surface area (Å²) >= 11 is 1.48. The number of fused-ring (bicyclic) bond motifs is 11. The summed E-state index contributed by atoms with van der Waals surface area (Å²) in [6.45, 7) is 6.75. The van der Waals surface area contributed by atoms with Gasteiger partial charge in [0, 0.05) is 57.9 Å². The fourth-order valence-electron chi connectivity index (χ4n) is 11.4. The van der Waals surface area contributed by atoms with Crippen molar-refractivity contribution >= 4 is 34.6 Å². The molecule has 3 aromatic carbocycles. The number of aliphatic hydroxyl groups is 2. The lowest BCUT2D eigenvalue weighted by molar-refractivity contribution is -0.162. The summed E-state index contributed by atoms with van der Waals surface area (Å²) in [5.41, 5.74) is 4.85. The van der Waals surface area contributed by atoms with Gasteiger partial charge in [0.05, 0.1) is 48.3 Å². The summed E-state index contributed by atoms with van der Waals surface area (Å²) in [5, 5.41) is 39.3. The number of H-pyrrole nitrogens is 1. The zero-order valence-corrected chi connectivity index (χ0v) is 32.3. The Kier molecular flexibility index (Phi) is 7.16. The van der Waals surface area contributed by atoms with Gasteiger partial charge < -0.3 is 44.0 Å². The molecule has 0 saturated carbocycles. The quantitative estimate of drug-likeness (QED) is 0.116. The van der Waals surface area contributed by atoms with Gasteiger partial charge >= 0.3 is 11.9 Å². The summed E-state index contributed by atoms with van der Waals surface area (Å²) in [6, 6.07) is 7.40. The molecule has 292 valence electrons. The van der Waals surface area contributed by atoms with Crippen LogP contribution in [0.4, 0.5) is 0 Å². The fourth-order valence-corrected chi connectivity index (χ4v) is 13.1. The maximum Gasteiger partial charge on any atom is 0.333 e. The Bertz CT molecular complexity index is 2440. The number of piperazine rings is 1. The molecule has 8 aliphatic rings. The summed E-state index contributed by atoms with van der Waals surface area (Å²) in [4.78, 5) is 35.8. The van der Waals surface area contributed by atoms with Gasteiger partial charge in [-0.3, -0.25) is 19.9 Å². The minimum Gasteiger partial charge on any atom is -0.504 e. The molecule has 14 nitrogen and oxygen atoms in total. The second kappa shape index (κ2) is 11.5. The standard InChI is InChI=1S/C41H42N4O10S/c1-16-10-22-25(30(48)31(16)51-5)28-29-35-27-26(34-33(53-15-54-34)17(2)32(27)55-18(3)47)24(44(29)38(49)37-40(22,4)45(28)37)13-52-39(50)41(14-56-35)36-21(11-19(12-46)43-41)20-8-6-7-9-23(20)42-36/h6-10,19,24,28-29,35,37-38,42-43,46,48-49H,11-15H2,1-5H3/t19-,24+,28-,29-,35-,37-,38+,40?,41-,45?/m1/s1. The number of hydrogen-bond acceptors (Lipinski definition) is 14. The normalized spacial score (nSPS) is 34.3. The third-order valence-corrected chi connectivity index (χ3v) is 15.1. The van der Waals surface area contributed by atoms with Crippen molar-refractivity contribution in [3.63, 3.8) is 0 Å². The molecular weight excluding hydrogens is 741 g/mol. The zero-order valence-electron chi connectivity index (χ0n) is 31.5. The number of phenolic OH excluding ortho intramolecular Hbond substituents is 1. The SMILES string of the molecule is COc1c(C)cc2c(c1O)[C@@H]1[C@@H]3[C@@H]4SC[C@]5(N[C@@H](CO)Cc6c5[nH]c5ccccc65)C(=O)OC[C@@H](c5c6c(c(C)c(OC(C)=O)c54)OCO6)N3[C@@H](O)[C@H]3N1C23C. The van der Waals surface area contributed by atoms with E-state index in [4.69, 9.17) is 23.7 Å². The average molecular weight is 783 g/mol. The molecular formula is C41H42N4O10S. The minimum absolute atomic E-state index is 0.0569. The molecule has 12 rings (SSSR count). The van der Waals surface area contributed by atoms with Crippen LogP contribution in [0, 0.1) is 13.8 Å². The topological polar surface area (TPSA) is 175 Å². The van der Waals surface area contributed by atoms with E-state index in [9.17, 15) is 24.9 Å². The number of aromatic amines is 1. The third kappa shape index (κ3) is 4.10. The van der Waals surface area contributed by atoms with Crippen LogP contribution < -0.4 is 24.3 Å². The summed E-state index contributed by atoms with van der Waals surface area (Å²) in [5.74, 6) is 0.790. The number of benzene rings is 3. The molecule has 1 aromatic heterocycles. The molecule has 56 heavy (non-hydrogen) atoms. The predicted molar refractivity (Wildman–Crippen MR) is 202 cm³/mol. The number of aromatic nitrogens is 1. The number of hydrogen-bond donors (Lipinski definition) is 5. The number of aromatic hydroxyl groups is 1. The molecule has 15 heteroatoms. The molecule has 2 bridgehead atoms. The Labute approximate surface area is 326 Å². The van der Waals surface area contributed by atoms with E-state index in [1.165, 1.54) is 18.7 Å². The summed E-state index contributed by atoms with van der Waals surface area (Å²) in [7, 11) is 1.54. The van der Waals surface area contributed by atoms with Crippen LogP contribution in [0.5, 0.6) is 28.7 Å². The van der Waals surface area contributed by atoms with E-state index in [0.717, 1.165) is 33.2 Å². The van der Waals surface area contributed by atoms with Crippen LogP contribution in [0.25, 0.3) is 10.9 Å². The van der Waals surface area contributed by atoms with Crippen molar-refractivity contribution < 1.29 is 48.6 Å². The van der Waals surface area contributed by atoms with Crippen molar-refractivity contribution in [2.75, 3.05) is 32.9 Å². The minimum atomic E-state index is -1.42. The Morgan fingerprint density at radius 1 is 1.11 bits per heavy atom. The lowest BCUT2D eigenvalue weighted by Crippen LogP contribution is -2.64. The number of carbonyl (C=O) groups is 2. The van der Waals surface area contributed by atoms with Crippen molar-refractivity contribution in [1.29, 1.82) is 0 Å². The molecule has 0 aliphatic carbocycles. The number of esters is 2. The molecule has 1 spiro atoms. The van der Waals surface area contributed by atoms with Gasteiger partial charge in [0.1, 0.15) is 18.6 Å². The van der Waals surface area contributed by atoms with E-state index in [2.05, 4.69) is 28.2 Å². The molecule has 4 aromatic rings.